The number of carboxylic acids is 1. The monoisotopic (exact) mass is 327 g/mol. The lowest BCUT2D eigenvalue weighted by atomic mass is 10.1. The summed E-state index contributed by atoms with van der Waals surface area (Å²) in [5, 5.41) is 9.06. The van der Waals surface area contributed by atoms with Crippen molar-refractivity contribution in [1.82, 2.24) is 4.72 Å². The third kappa shape index (κ3) is 5.77. The maximum atomic E-state index is 12.1. The Hall–Kier alpha value is -1.40. The van der Waals surface area contributed by atoms with E-state index in [4.69, 9.17) is 5.11 Å². The van der Waals surface area contributed by atoms with Crippen LogP contribution in [0, 0.1) is 6.92 Å². The minimum absolute atomic E-state index is 0.00137. The Bertz CT molecular complexity index is 596. The maximum Gasteiger partial charge on any atom is 0.335 e. The summed E-state index contributed by atoms with van der Waals surface area (Å²) in [6, 6.07) is 4.16. The molecule has 2 N–H and O–H groups in total. The molecule has 1 aromatic rings. The summed E-state index contributed by atoms with van der Waals surface area (Å²) in [5.41, 5.74) is 0.560. The Balaban J connectivity index is 2.56. The molecule has 0 fully saturated rings. The number of carbonyl (C=O) groups is 1. The van der Waals surface area contributed by atoms with Crippen LogP contribution in [0.15, 0.2) is 23.1 Å². The summed E-state index contributed by atoms with van der Waals surface area (Å²) < 4.78 is 26.8. The van der Waals surface area contributed by atoms with Gasteiger partial charge in [-0.15, -0.1) is 0 Å². The molecule has 1 rings (SSSR count). The molecule has 0 bridgehead atoms. The Morgan fingerprint density at radius 3 is 2.41 bits per heavy atom. The van der Waals surface area contributed by atoms with Crippen molar-refractivity contribution in [3.8, 4) is 0 Å². The van der Waals surface area contributed by atoms with Gasteiger partial charge >= 0.3 is 5.97 Å². The largest absolute Gasteiger partial charge is 0.478 e. The van der Waals surface area contributed by atoms with Crippen LogP contribution in [-0.4, -0.2) is 26.0 Å². The van der Waals surface area contributed by atoms with Crippen molar-refractivity contribution in [3.63, 3.8) is 0 Å². The molecule has 0 spiro atoms. The highest BCUT2D eigenvalue weighted by molar-refractivity contribution is 7.89. The van der Waals surface area contributed by atoms with E-state index in [0.29, 0.717) is 12.1 Å². The van der Waals surface area contributed by atoms with Gasteiger partial charge in [0.05, 0.1) is 10.5 Å². The second kappa shape index (κ2) is 8.90. The number of unbranched alkanes of at least 4 members (excludes halogenated alkanes) is 5. The van der Waals surface area contributed by atoms with Crippen molar-refractivity contribution in [2.24, 2.45) is 0 Å². The predicted molar refractivity (Wildman–Crippen MR) is 86.7 cm³/mol. The van der Waals surface area contributed by atoms with Crippen LogP contribution in [0.4, 0.5) is 0 Å². The summed E-state index contributed by atoms with van der Waals surface area (Å²) in [7, 11) is -3.64. The van der Waals surface area contributed by atoms with Crippen molar-refractivity contribution in [1.29, 1.82) is 0 Å². The van der Waals surface area contributed by atoms with E-state index in [1.807, 2.05) is 0 Å². The van der Waals surface area contributed by atoms with Gasteiger partial charge in [-0.2, -0.15) is 0 Å². The van der Waals surface area contributed by atoms with E-state index >= 15 is 0 Å². The molecule has 0 heterocycles. The first-order valence-electron chi connectivity index (χ1n) is 7.72. The average molecular weight is 327 g/mol. The molecule has 0 aliphatic rings. The second-order valence-electron chi connectivity index (χ2n) is 5.45. The van der Waals surface area contributed by atoms with Crippen molar-refractivity contribution < 1.29 is 18.3 Å². The number of nitrogens with one attached hydrogen (secondary N) is 1. The minimum atomic E-state index is -3.64. The summed E-state index contributed by atoms with van der Waals surface area (Å²) >= 11 is 0. The topological polar surface area (TPSA) is 83.5 Å². The molecule has 0 aromatic heterocycles. The Labute approximate surface area is 132 Å². The number of carboxylic acid groups (broad SMARTS) is 1. The van der Waals surface area contributed by atoms with E-state index in [0.717, 1.165) is 19.3 Å². The summed E-state index contributed by atoms with van der Waals surface area (Å²) in [6.45, 7) is 4.18. The Morgan fingerprint density at radius 1 is 1.14 bits per heavy atom. The Morgan fingerprint density at radius 2 is 1.77 bits per heavy atom. The van der Waals surface area contributed by atoms with Gasteiger partial charge in [0, 0.05) is 6.54 Å². The highest BCUT2D eigenvalue weighted by Gasteiger charge is 2.17. The lowest BCUT2D eigenvalue weighted by molar-refractivity contribution is 0.0696. The zero-order valence-corrected chi connectivity index (χ0v) is 14.1. The SMILES string of the molecule is CCCCCCCCNS(=O)(=O)c1ccc(C)c(C(=O)O)c1. The summed E-state index contributed by atoms with van der Waals surface area (Å²) in [5.74, 6) is -1.12. The number of hydrogen-bond acceptors (Lipinski definition) is 3. The van der Waals surface area contributed by atoms with E-state index in [2.05, 4.69) is 11.6 Å². The van der Waals surface area contributed by atoms with Crippen LogP contribution >= 0.6 is 0 Å². The van der Waals surface area contributed by atoms with Gasteiger partial charge < -0.3 is 5.11 Å². The molecule has 0 saturated heterocycles. The van der Waals surface area contributed by atoms with Gasteiger partial charge in [-0.1, -0.05) is 45.1 Å². The van der Waals surface area contributed by atoms with Crippen LogP contribution in [-0.2, 0) is 10.0 Å². The third-order valence-corrected chi connectivity index (χ3v) is 5.03. The van der Waals surface area contributed by atoms with Crippen LogP contribution in [0.3, 0.4) is 0 Å². The van der Waals surface area contributed by atoms with Gasteiger partial charge in [-0.25, -0.2) is 17.9 Å². The van der Waals surface area contributed by atoms with Crippen LogP contribution in [0.25, 0.3) is 0 Å². The van der Waals surface area contributed by atoms with Gasteiger partial charge in [0.1, 0.15) is 0 Å². The first kappa shape index (κ1) is 18.6. The van der Waals surface area contributed by atoms with E-state index in [1.165, 1.54) is 37.5 Å². The van der Waals surface area contributed by atoms with E-state index in [9.17, 15) is 13.2 Å². The smallest absolute Gasteiger partial charge is 0.335 e. The number of benzene rings is 1. The van der Waals surface area contributed by atoms with Crippen LogP contribution in [0.5, 0.6) is 0 Å². The normalized spacial score (nSPS) is 11.5. The van der Waals surface area contributed by atoms with Crippen LogP contribution in [0.2, 0.25) is 0 Å². The van der Waals surface area contributed by atoms with E-state index < -0.39 is 16.0 Å². The lowest BCUT2D eigenvalue weighted by Gasteiger charge is -2.09. The molecule has 124 valence electrons. The molecule has 0 unspecified atom stereocenters. The summed E-state index contributed by atoms with van der Waals surface area (Å²) in [4.78, 5) is 11.1. The average Bonchev–Trinajstić information content (AvgIpc) is 2.46. The molecule has 0 aliphatic heterocycles. The van der Waals surface area contributed by atoms with Crippen molar-refractivity contribution in [2.45, 2.75) is 57.3 Å². The molecule has 0 saturated carbocycles. The lowest BCUT2D eigenvalue weighted by Crippen LogP contribution is -2.25. The van der Waals surface area contributed by atoms with Gasteiger partial charge in [0.15, 0.2) is 0 Å². The molecule has 5 nitrogen and oxygen atoms in total. The van der Waals surface area contributed by atoms with E-state index in [-0.39, 0.29) is 10.5 Å². The predicted octanol–water partition coefficient (Wildman–Crippen LogP) is 3.33. The van der Waals surface area contributed by atoms with Crippen molar-refractivity contribution in [2.75, 3.05) is 6.54 Å². The van der Waals surface area contributed by atoms with Crippen molar-refractivity contribution >= 4 is 16.0 Å². The highest BCUT2D eigenvalue weighted by Crippen LogP contribution is 2.16. The second-order valence-corrected chi connectivity index (χ2v) is 7.21. The zero-order chi connectivity index (χ0) is 16.6. The number of aryl methyl sites for hydroxylation is 1. The molecule has 0 atom stereocenters. The highest BCUT2D eigenvalue weighted by atomic mass is 32.2. The molecule has 1 aromatic carbocycles. The van der Waals surface area contributed by atoms with Gasteiger partial charge in [-0.3, -0.25) is 0 Å². The first-order chi connectivity index (χ1) is 10.4. The van der Waals surface area contributed by atoms with Crippen LogP contribution < -0.4 is 4.72 Å². The fourth-order valence-electron chi connectivity index (χ4n) is 2.19. The number of rotatable bonds is 10. The van der Waals surface area contributed by atoms with Gasteiger partial charge in [-0.05, 0) is 31.0 Å². The number of hydrogen-bond donors (Lipinski definition) is 2. The number of aromatic carboxylic acids is 1. The van der Waals surface area contributed by atoms with E-state index in [1.54, 1.807) is 6.92 Å². The van der Waals surface area contributed by atoms with Gasteiger partial charge in [0.2, 0.25) is 10.0 Å². The molecular weight excluding hydrogens is 302 g/mol. The Kier molecular flexibility index (Phi) is 7.55. The maximum absolute atomic E-state index is 12.1. The van der Waals surface area contributed by atoms with Crippen molar-refractivity contribution in [3.05, 3.63) is 29.3 Å². The van der Waals surface area contributed by atoms with Crippen LogP contribution in [0.1, 0.15) is 61.4 Å². The standard InChI is InChI=1S/C16H25NO4S/c1-3-4-5-6-7-8-11-17-22(20,21)14-10-9-13(2)15(12-14)16(18)19/h9-10,12,17H,3-8,11H2,1-2H3,(H,18,19). The molecule has 6 heteroatoms. The third-order valence-electron chi connectivity index (χ3n) is 3.57. The molecule has 22 heavy (non-hydrogen) atoms. The van der Waals surface area contributed by atoms with Gasteiger partial charge in [0.25, 0.3) is 0 Å². The molecule has 0 amide bonds. The molecule has 0 aliphatic carbocycles. The first-order valence-corrected chi connectivity index (χ1v) is 9.20. The fourth-order valence-corrected chi connectivity index (χ4v) is 3.29. The zero-order valence-electron chi connectivity index (χ0n) is 13.3. The minimum Gasteiger partial charge on any atom is -0.478 e. The quantitative estimate of drug-likeness (QED) is 0.646. The summed E-state index contributed by atoms with van der Waals surface area (Å²) in [6.07, 6.45) is 6.49. The fraction of sp³-hybridized carbons (Fsp3) is 0.562. The molecule has 0 radical (unpaired) electrons. The molecular formula is C16H25NO4S. The number of sulfonamides is 1.